The van der Waals surface area contributed by atoms with Gasteiger partial charge in [-0.05, 0) is 31.0 Å². The molecule has 2 amide bonds. The number of nitrogens with one attached hydrogen (secondary N) is 1. The van der Waals surface area contributed by atoms with Crippen LogP contribution in [0.2, 0.25) is 0 Å². The van der Waals surface area contributed by atoms with Crippen molar-refractivity contribution in [3.05, 3.63) is 34.3 Å². The van der Waals surface area contributed by atoms with E-state index in [9.17, 15) is 9.59 Å². The average molecular weight is 325 g/mol. The molecule has 1 saturated heterocycles. The van der Waals surface area contributed by atoms with E-state index in [2.05, 4.69) is 21.2 Å². The number of hydrogen-bond acceptors (Lipinski definition) is 2. The lowest BCUT2D eigenvalue weighted by atomic mass is 10.0. The number of nitrogens with zero attached hydrogens (tertiary/aromatic N) is 1. The molecule has 1 fully saturated rings. The predicted octanol–water partition coefficient (Wildman–Crippen LogP) is 2.19. The highest BCUT2D eigenvalue weighted by Gasteiger charge is 2.22. The molecule has 0 saturated carbocycles. The number of halogens is 1. The third-order valence-electron chi connectivity index (χ3n) is 3.36. The molecule has 0 spiro atoms. The zero-order valence-corrected chi connectivity index (χ0v) is 12.4. The van der Waals surface area contributed by atoms with Crippen LogP contribution in [-0.4, -0.2) is 35.8 Å². The van der Waals surface area contributed by atoms with Gasteiger partial charge in [0.25, 0.3) is 5.91 Å². The third-order valence-corrected chi connectivity index (χ3v) is 3.86. The van der Waals surface area contributed by atoms with Gasteiger partial charge < -0.3 is 10.2 Å². The van der Waals surface area contributed by atoms with Crippen molar-refractivity contribution >= 4 is 27.7 Å². The number of benzene rings is 1. The summed E-state index contributed by atoms with van der Waals surface area (Å²) in [6.45, 7) is 3.03. The van der Waals surface area contributed by atoms with Crippen LogP contribution in [0.4, 0.5) is 0 Å². The minimum absolute atomic E-state index is 0.0532. The first-order chi connectivity index (χ1) is 9.06. The Labute approximate surface area is 121 Å². The first-order valence-corrected chi connectivity index (χ1v) is 7.17. The van der Waals surface area contributed by atoms with E-state index in [4.69, 9.17) is 0 Å². The molecule has 102 valence electrons. The van der Waals surface area contributed by atoms with Gasteiger partial charge in [0.1, 0.15) is 0 Å². The molecule has 2 rings (SSSR count). The Morgan fingerprint density at radius 3 is 2.58 bits per heavy atom. The van der Waals surface area contributed by atoms with Gasteiger partial charge >= 0.3 is 0 Å². The predicted molar refractivity (Wildman–Crippen MR) is 76.9 cm³/mol. The van der Waals surface area contributed by atoms with E-state index in [1.807, 2.05) is 17.0 Å². The number of piperidine rings is 1. The van der Waals surface area contributed by atoms with Gasteiger partial charge in [0.15, 0.2) is 0 Å². The molecule has 0 atom stereocenters. The van der Waals surface area contributed by atoms with Crippen LogP contribution < -0.4 is 5.32 Å². The standard InChI is InChI=1S/C14H17BrN2O2/c1-10(18)17-7-5-13(6-8-17)16-14(19)11-3-2-4-12(15)9-11/h2-4,9,13H,5-8H2,1H3,(H,16,19). The van der Waals surface area contributed by atoms with Gasteiger partial charge in [0.2, 0.25) is 5.91 Å². The second-order valence-corrected chi connectivity index (χ2v) is 5.68. The molecule has 4 nitrogen and oxygen atoms in total. The summed E-state index contributed by atoms with van der Waals surface area (Å²) in [4.78, 5) is 25.1. The van der Waals surface area contributed by atoms with Gasteiger partial charge in [-0.3, -0.25) is 9.59 Å². The molecular weight excluding hydrogens is 308 g/mol. The molecule has 0 aliphatic carbocycles. The second-order valence-electron chi connectivity index (χ2n) is 4.76. The van der Waals surface area contributed by atoms with Crippen molar-refractivity contribution in [2.24, 2.45) is 0 Å². The van der Waals surface area contributed by atoms with Crippen molar-refractivity contribution < 1.29 is 9.59 Å². The van der Waals surface area contributed by atoms with Crippen molar-refractivity contribution in [1.29, 1.82) is 0 Å². The maximum Gasteiger partial charge on any atom is 0.251 e. The maximum absolute atomic E-state index is 12.1. The Hall–Kier alpha value is -1.36. The fraction of sp³-hybridized carbons (Fsp3) is 0.429. The van der Waals surface area contributed by atoms with E-state index in [1.165, 1.54) is 0 Å². The van der Waals surface area contributed by atoms with E-state index >= 15 is 0 Å². The van der Waals surface area contributed by atoms with Crippen LogP contribution in [0.1, 0.15) is 30.1 Å². The number of amides is 2. The van der Waals surface area contributed by atoms with Crippen LogP contribution >= 0.6 is 15.9 Å². The normalized spacial score (nSPS) is 16.2. The van der Waals surface area contributed by atoms with Gasteiger partial charge in [-0.2, -0.15) is 0 Å². The van der Waals surface area contributed by atoms with Gasteiger partial charge in [-0.15, -0.1) is 0 Å². The minimum Gasteiger partial charge on any atom is -0.349 e. The van der Waals surface area contributed by atoms with Crippen LogP contribution in [0, 0.1) is 0 Å². The molecule has 1 aromatic carbocycles. The van der Waals surface area contributed by atoms with Crippen LogP contribution in [0.5, 0.6) is 0 Å². The largest absolute Gasteiger partial charge is 0.349 e. The topological polar surface area (TPSA) is 49.4 Å². The second kappa shape index (κ2) is 6.19. The van der Waals surface area contributed by atoms with Crippen LogP contribution in [0.15, 0.2) is 28.7 Å². The minimum atomic E-state index is -0.0532. The molecule has 1 aliphatic rings. The van der Waals surface area contributed by atoms with Crippen LogP contribution in [0.25, 0.3) is 0 Å². The number of likely N-dealkylation sites (tertiary alicyclic amines) is 1. The maximum atomic E-state index is 12.1. The molecule has 5 heteroatoms. The lowest BCUT2D eigenvalue weighted by molar-refractivity contribution is -0.129. The van der Waals surface area contributed by atoms with Gasteiger partial charge in [-0.1, -0.05) is 22.0 Å². The number of hydrogen-bond donors (Lipinski definition) is 1. The van der Waals surface area contributed by atoms with E-state index in [1.54, 1.807) is 19.1 Å². The summed E-state index contributed by atoms with van der Waals surface area (Å²) in [5, 5.41) is 3.02. The lowest BCUT2D eigenvalue weighted by Gasteiger charge is -2.31. The van der Waals surface area contributed by atoms with Crippen molar-refractivity contribution in [1.82, 2.24) is 10.2 Å². The first-order valence-electron chi connectivity index (χ1n) is 6.38. The quantitative estimate of drug-likeness (QED) is 0.906. The Morgan fingerprint density at radius 1 is 1.32 bits per heavy atom. The number of rotatable bonds is 2. The first kappa shape index (κ1) is 14.1. The molecule has 1 aromatic rings. The Bertz CT molecular complexity index is 482. The molecule has 0 bridgehead atoms. The summed E-state index contributed by atoms with van der Waals surface area (Å²) >= 11 is 3.36. The molecule has 19 heavy (non-hydrogen) atoms. The zero-order chi connectivity index (χ0) is 13.8. The Kier molecular flexibility index (Phi) is 4.58. The zero-order valence-electron chi connectivity index (χ0n) is 10.9. The fourth-order valence-electron chi connectivity index (χ4n) is 2.24. The monoisotopic (exact) mass is 324 g/mol. The Morgan fingerprint density at radius 2 is 2.00 bits per heavy atom. The molecule has 1 aliphatic heterocycles. The van der Waals surface area contributed by atoms with Gasteiger partial charge in [-0.25, -0.2) is 0 Å². The van der Waals surface area contributed by atoms with E-state index in [0.717, 1.165) is 30.4 Å². The molecular formula is C14H17BrN2O2. The summed E-state index contributed by atoms with van der Waals surface area (Å²) in [5.74, 6) is 0.0549. The van der Waals surface area contributed by atoms with Crippen molar-refractivity contribution in [2.75, 3.05) is 13.1 Å². The lowest BCUT2D eigenvalue weighted by Crippen LogP contribution is -2.45. The summed E-state index contributed by atoms with van der Waals surface area (Å²) in [6.07, 6.45) is 1.64. The highest BCUT2D eigenvalue weighted by Crippen LogP contribution is 2.14. The molecule has 0 unspecified atom stereocenters. The summed E-state index contributed by atoms with van der Waals surface area (Å²) in [5.41, 5.74) is 0.656. The van der Waals surface area contributed by atoms with Crippen molar-refractivity contribution in [3.63, 3.8) is 0 Å². The Balaban J connectivity index is 1.89. The number of carbonyl (C=O) groups excluding carboxylic acids is 2. The summed E-state index contributed by atoms with van der Waals surface area (Å²) < 4.78 is 0.895. The van der Waals surface area contributed by atoms with Crippen LogP contribution in [0.3, 0.4) is 0 Å². The molecule has 1 N–H and O–H groups in total. The summed E-state index contributed by atoms with van der Waals surface area (Å²) in [7, 11) is 0. The highest BCUT2D eigenvalue weighted by molar-refractivity contribution is 9.10. The van der Waals surface area contributed by atoms with E-state index in [0.29, 0.717) is 5.56 Å². The third kappa shape index (κ3) is 3.80. The smallest absolute Gasteiger partial charge is 0.251 e. The van der Waals surface area contributed by atoms with E-state index in [-0.39, 0.29) is 17.9 Å². The van der Waals surface area contributed by atoms with Crippen LogP contribution in [-0.2, 0) is 4.79 Å². The van der Waals surface area contributed by atoms with Gasteiger partial charge in [0, 0.05) is 36.1 Å². The fourth-order valence-corrected chi connectivity index (χ4v) is 2.64. The average Bonchev–Trinajstić information content (AvgIpc) is 2.39. The van der Waals surface area contributed by atoms with Crippen molar-refractivity contribution in [3.8, 4) is 0 Å². The van der Waals surface area contributed by atoms with Crippen molar-refractivity contribution in [2.45, 2.75) is 25.8 Å². The van der Waals surface area contributed by atoms with E-state index < -0.39 is 0 Å². The molecule has 1 heterocycles. The molecule has 0 aromatic heterocycles. The highest BCUT2D eigenvalue weighted by atomic mass is 79.9. The molecule has 0 radical (unpaired) electrons. The summed E-state index contributed by atoms with van der Waals surface area (Å²) in [6, 6.07) is 7.49. The SMILES string of the molecule is CC(=O)N1CCC(NC(=O)c2cccc(Br)c2)CC1. The van der Waals surface area contributed by atoms with Gasteiger partial charge in [0.05, 0.1) is 0 Å². The number of carbonyl (C=O) groups is 2.